The Balaban J connectivity index is 2.20. The molecule has 1 N–H and O–H groups in total. The molecule has 2 rings (SSSR count). The summed E-state index contributed by atoms with van der Waals surface area (Å²) in [6, 6.07) is 2.24. The Labute approximate surface area is 115 Å². The molecular weight excluding hydrogens is 303 g/mol. The number of hydrogen-bond donors (Lipinski definition) is 1. The van der Waals surface area contributed by atoms with Crippen LogP contribution in [-0.4, -0.2) is 28.9 Å². The highest BCUT2D eigenvalue weighted by Crippen LogP contribution is 2.20. The Bertz CT molecular complexity index is 676. The Morgan fingerprint density at radius 2 is 1.95 bits per heavy atom. The minimum absolute atomic E-state index is 0.0834. The molecule has 0 aliphatic carbocycles. The SMILES string of the molecule is Fc1ccc2[nH]c(=S)n(CCOCC(F)(F)F)c2c1F. The molecule has 0 saturated heterocycles. The van der Waals surface area contributed by atoms with Crippen molar-refractivity contribution in [1.82, 2.24) is 9.55 Å². The van der Waals surface area contributed by atoms with Crippen LogP contribution in [0.5, 0.6) is 0 Å². The number of imidazole rings is 1. The van der Waals surface area contributed by atoms with Crippen molar-refractivity contribution < 1.29 is 26.7 Å². The lowest BCUT2D eigenvalue weighted by molar-refractivity contribution is -0.174. The van der Waals surface area contributed by atoms with E-state index < -0.39 is 24.4 Å². The molecule has 2 aromatic rings. The average molecular weight is 312 g/mol. The van der Waals surface area contributed by atoms with Gasteiger partial charge in [0.25, 0.3) is 0 Å². The van der Waals surface area contributed by atoms with E-state index in [4.69, 9.17) is 12.2 Å². The van der Waals surface area contributed by atoms with Crippen LogP contribution in [0.1, 0.15) is 0 Å². The Hall–Kier alpha value is -1.48. The minimum Gasteiger partial charge on any atom is -0.370 e. The maximum Gasteiger partial charge on any atom is 0.411 e. The van der Waals surface area contributed by atoms with E-state index in [2.05, 4.69) is 9.72 Å². The van der Waals surface area contributed by atoms with Gasteiger partial charge in [-0.3, -0.25) is 0 Å². The predicted molar refractivity (Wildman–Crippen MR) is 63.9 cm³/mol. The molecule has 9 heteroatoms. The first-order valence-corrected chi connectivity index (χ1v) is 5.91. The van der Waals surface area contributed by atoms with Gasteiger partial charge in [0.15, 0.2) is 16.4 Å². The van der Waals surface area contributed by atoms with Crippen LogP contribution in [0.25, 0.3) is 11.0 Å². The number of halogens is 5. The van der Waals surface area contributed by atoms with Crippen LogP contribution in [-0.2, 0) is 11.3 Å². The highest BCUT2D eigenvalue weighted by Gasteiger charge is 2.27. The van der Waals surface area contributed by atoms with Gasteiger partial charge in [0.1, 0.15) is 12.1 Å². The van der Waals surface area contributed by atoms with Crippen molar-refractivity contribution in [3.63, 3.8) is 0 Å². The molecule has 3 nitrogen and oxygen atoms in total. The first-order chi connectivity index (χ1) is 9.29. The zero-order valence-corrected chi connectivity index (χ0v) is 10.7. The number of hydrogen-bond acceptors (Lipinski definition) is 2. The van der Waals surface area contributed by atoms with Gasteiger partial charge in [-0.25, -0.2) is 8.78 Å². The molecule has 20 heavy (non-hydrogen) atoms. The van der Waals surface area contributed by atoms with Gasteiger partial charge in [0.05, 0.1) is 12.1 Å². The van der Waals surface area contributed by atoms with E-state index in [1.54, 1.807) is 0 Å². The molecule has 0 spiro atoms. The molecule has 1 aromatic heterocycles. The quantitative estimate of drug-likeness (QED) is 0.531. The number of nitrogens with one attached hydrogen (secondary N) is 1. The van der Waals surface area contributed by atoms with Gasteiger partial charge < -0.3 is 14.3 Å². The van der Waals surface area contributed by atoms with E-state index in [1.807, 2.05) is 0 Å². The largest absolute Gasteiger partial charge is 0.411 e. The summed E-state index contributed by atoms with van der Waals surface area (Å²) in [5.41, 5.74) is 0.148. The summed E-state index contributed by atoms with van der Waals surface area (Å²) in [6.45, 7) is -1.84. The van der Waals surface area contributed by atoms with E-state index in [9.17, 15) is 22.0 Å². The zero-order valence-electron chi connectivity index (χ0n) is 9.93. The van der Waals surface area contributed by atoms with E-state index in [0.717, 1.165) is 6.07 Å². The lowest BCUT2D eigenvalue weighted by Gasteiger charge is -2.09. The minimum atomic E-state index is -4.43. The van der Waals surface area contributed by atoms with Crippen molar-refractivity contribution in [1.29, 1.82) is 0 Å². The lowest BCUT2D eigenvalue weighted by Crippen LogP contribution is -2.19. The average Bonchev–Trinajstić information content (AvgIpc) is 2.66. The fourth-order valence-corrected chi connectivity index (χ4v) is 2.04. The molecule has 1 heterocycles. The van der Waals surface area contributed by atoms with Gasteiger partial charge in [0, 0.05) is 6.54 Å². The summed E-state index contributed by atoms with van der Waals surface area (Å²) in [7, 11) is 0. The zero-order chi connectivity index (χ0) is 14.9. The highest BCUT2D eigenvalue weighted by molar-refractivity contribution is 7.71. The fourth-order valence-electron chi connectivity index (χ4n) is 1.75. The fraction of sp³-hybridized carbons (Fsp3) is 0.364. The van der Waals surface area contributed by atoms with Crippen LogP contribution in [0.15, 0.2) is 12.1 Å². The van der Waals surface area contributed by atoms with E-state index in [-0.39, 0.29) is 29.0 Å². The molecule has 0 aliphatic heterocycles. The smallest absolute Gasteiger partial charge is 0.370 e. The van der Waals surface area contributed by atoms with Crippen LogP contribution in [0.4, 0.5) is 22.0 Å². The van der Waals surface area contributed by atoms with Crippen LogP contribution in [0, 0.1) is 16.4 Å². The first-order valence-electron chi connectivity index (χ1n) is 5.50. The molecule has 0 amide bonds. The van der Waals surface area contributed by atoms with Gasteiger partial charge >= 0.3 is 6.18 Å². The summed E-state index contributed by atoms with van der Waals surface area (Å²) < 4.78 is 68.2. The van der Waals surface area contributed by atoms with Gasteiger partial charge in [0.2, 0.25) is 0 Å². The third-order valence-corrected chi connectivity index (χ3v) is 2.87. The number of benzene rings is 1. The number of H-pyrrole nitrogens is 1. The summed E-state index contributed by atoms with van der Waals surface area (Å²) in [4.78, 5) is 2.65. The van der Waals surface area contributed by atoms with Crippen LogP contribution < -0.4 is 0 Å². The normalized spacial score (nSPS) is 12.2. The molecule has 110 valence electrons. The Morgan fingerprint density at radius 3 is 2.60 bits per heavy atom. The number of rotatable bonds is 4. The number of nitrogens with zero attached hydrogens (tertiary/aromatic N) is 1. The summed E-state index contributed by atoms with van der Waals surface area (Å²) >= 11 is 4.92. The second-order valence-electron chi connectivity index (χ2n) is 4.01. The lowest BCUT2D eigenvalue weighted by atomic mass is 10.3. The standard InChI is InChI=1S/C11H9F5N2OS/c12-6-1-2-7-9(8(6)13)18(10(20)17-7)3-4-19-5-11(14,15)16/h1-2H,3-5H2,(H,17,20). The number of alkyl halides is 3. The third kappa shape index (κ3) is 3.15. The van der Waals surface area contributed by atoms with Crippen molar-refractivity contribution in [2.45, 2.75) is 12.7 Å². The topological polar surface area (TPSA) is 29.9 Å². The second kappa shape index (κ2) is 5.49. The van der Waals surface area contributed by atoms with Crippen molar-refractivity contribution in [3.8, 4) is 0 Å². The van der Waals surface area contributed by atoms with Gasteiger partial charge in [-0.1, -0.05) is 0 Å². The van der Waals surface area contributed by atoms with Crippen molar-refractivity contribution in [2.24, 2.45) is 0 Å². The number of aromatic amines is 1. The summed E-state index contributed by atoms with van der Waals surface area (Å²) in [5, 5.41) is 0. The van der Waals surface area contributed by atoms with Crippen molar-refractivity contribution in [2.75, 3.05) is 13.2 Å². The maximum absolute atomic E-state index is 13.7. The molecule has 0 atom stereocenters. The van der Waals surface area contributed by atoms with Crippen molar-refractivity contribution >= 4 is 23.3 Å². The predicted octanol–water partition coefficient (Wildman–Crippen LogP) is 3.56. The molecular formula is C11H9F5N2OS. The van der Waals surface area contributed by atoms with E-state index in [1.165, 1.54) is 10.6 Å². The third-order valence-electron chi connectivity index (χ3n) is 2.55. The second-order valence-corrected chi connectivity index (χ2v) is 4.39. The highest BCUT2D eigenvalue weighted by atomic mass is 32.1. The molecule has 0 unspecified atom stereocenters. The first kappa shape index (κ1) is 14.9. The number of fused-ring (bicyclic) bond motifs is 1. The molecule has 0 radical (unpaired) electrons. The van der Waals surface area contributed by atoms with Crippen LogP contribution in [0.3, 0.4) is 0 Å². The molecule has 0 saturated carbocycles. The Kier molecular flexibility index (Phi) is 4.09. The molecule has 1 aromatic carbocycles. The van der Waals surface area contributed by atoms with Crippen molar-refractivity contribution in [3.05, 3.63) is 28.5 Å². The number of ether oxygens (including phenoxy) is 1. The van der Waals surface area contributed by atoms with E-state index in [0.29, 0.717) is 0 Å². The van der Waals surface area contributed by atoms with E-state index >= 15 is 0 Å². The number of aromatic nitrogens is 2. The summed E-state index contributed by atoms with van der Waals surface area (Å²) in [6.07, 6.45) is -4.43. The Morgan fingerprint density at radius 1 is 1.25 bits per heavy atom. The van der Waals surface area contributed by atoms with Gasteiger partial charge in [-0.15, -0.1) is 0 Å². The maximum atomic E-state index is 13.7. The van der Waals surface area contributed by atoms with Gasteiger partial charge in [-0.05, 0) is 24.4 Å². The summed E-state index contributed by atoms with van der Waals surface area (Å²) in [5.74, 6) is -2.16. The monoisotopic (exact) mass is 312 g/mol. The van der Waals surface area contributed by atoms with Gasteiger partial charge in [-0.2, -0.15) is 13.2 Å². The molecule has 0 bridgehead atoms. The van der Waals surface area contributed by atoms with Crippen LogP contribution >= 0.6 is 12.2 Å². The van der Waals surface area contributed by atoms with Crippen LogP contribution in [0.2, 0.25) is 0 Å². The molecule has 0 fully saturated rings. The molecule has 0 aliphatic rings.